The normalized spacial score (nSPS) is 24.9. The summed E-state index contributed by atoms with van der Waals surface area (Å²) in [5.41, 5.74) is 6.65. The van der Waals surface area contributed by atoms with Crippen LogP contribution in [-0.2, 0) is 0 Å². The van der Waals surface area contributed by atoms with Crippen LogP contribution in [0, 0.1) is 0 Å². The zero-order valence-corrected chi connectivity index (χ0v) is 7.51. The molecule has 1 aliphatic heterocycles. The summed E-state index contributed by atoms with van der Waals surface area (Å²) < 4.78 is 0. The molecule has 0 radical (unpaired) electrons. The number of likely N-dealkylation sites (N-methyl/N-ethyl adjacent to an activating group) is 1. The van der Waals surface area contributed by atoms with E-state index in [1.807, 2.05) is 19.2 Å². The molecular weight excluding hydrogens is 192 g/mol. The average Bonchev–Trinajstić information content (AvgIpc) is 1.95. The summed E-state index contributed by atoms with van der Waals surface area (Å²) in [4.78, 5) is 2.40. The van der Waals surface area contributed by atoms with Crippen molar-refractivity contribution in [2.45, 2.75) is 4.95 Å². The standard InChI is InChI=1S/C7H11BrN2/c1-10-6(5-9)3-2-4-7(10)8/h2-4,7H,5,9H2,1H3. The molecule has 0 saturated heterocycles. The van der Waals surface area contributed by atoms with Crippen molar-refractivity contribution in [3.05, 3.63) is 23.9 Å². The molecule has 0 bridgehead atoms. The van der Waals surface area contributed by atoms with Crippen LogP contribution in [-0.4, -0.2) is 23.4 Å². The molecule has 56 valence electrons. The van der Waals surface area contributed by atoms with E-state index in [4.69, 9.17) is 5.73 Å². The van der Waals surface area contributed by atoms with Crippen molar-refractivity contribution in [1.82, 2.24) is 4.90 Å². The van der Waals surface area contributed by atoms with Crippen molar-refractivity contribution in [1.29, 1.82) is 0 Å². The van der Waals surface area contributed by atoms with Crippen LogP contribution >= 0.6 is 15.9 Å². The van der Waals surface area contributed by atoms with Gasteiger partial charge in [0.15, 0.2) is 0 Å². The molecule has 0 aromatic heterocycles. The lowest BCUT2D eigenvalue weighted by molar-refractivity contribution is 0.430. The number of allylic oxidation sites excluding steroid dienone is 2. The Morgan fingerprint density at radius 2 is 2.50 bits per heavy atom. The molecule has 0 spiro atoms. The second kappa shape index (κ2) is 3.21. The third-order valence-corrected chi connectivity index (χ3v) is 2.51. The summed E-state index contributed by atoms with van der Waals surface area (Å²) in [7, 11) is 2.02. The Bertz CT molecular complexity index is 174. The van der Waals surface area contributed by atoms with E-state index in [1.54, 1.807) is 0 Å². The molecule has 0 aromatic carbocycles. The van der Waals surface area contributed by atoms with E-state index in [2.05, 4.69) is 26.9 Å². The molecule has 0 aliphatic carbocycles. The van der Waals surface area contributed by atoms with E-state index >= 15 is 0 Å². The molecule has 1 rings (SSSR count). The highest BCUT2D eigenvalue weighted by molar-refractivity contribution is 9.09. The largest absolute Gasteiger partial charge is 0.361 e. The first-order chi connectivity index (χ1) is 4.75. The van der Waals surface area contributed by atoms with Crippen molar-refractivity contribution in [3.8, 4) is 0 Å². The zero-order chi connectivity index (χ0) is 7.56. The fourth-order valence-corrected chi connectivity index (χ4v) is 1.31. The minimum atomic E-state index is 0.302. The van der Waals surface area contributed by atoms with Crippen molar-refractivity contribution < 1.29 is 0 Å². The second-order valence-electron chi connectivity index (χ2n) is 2.23. The second-order valence-corrected chi connectivity index (χ2v) is 3.17. The highest BCUT2D eigenvalue weighted by atomic mass is 79.9. The van der Waals surface area contributed by atoms with Gasteiger partial charge >= 0.3 is 0 Å². The van der Waals surface area contributed by atoms with Gasteiger partial charge in [0.1, 0.15) is 4.95 Å². The topological polar surface area (TPSA) is 29.3 Å². The first-order valence-electron chi connectivity index (χ1n) is 3.20. The Labute approximate surface area is 69.5 Å². The summed E-state index contributed by atoms with van der Waals surface area (Å²) >= 11 is 3.48. The molecule has 1 unspecified atom stereocenters. The van der Waals surface area contributed by atoms with Crippen LogP contribution in [0.5, 0.6) is 0 Å². The van der Waals surface area contributed by atoms with Crippen LogP contribution in [0.4, 0.5) is 0 Å². The van der Waals surface area contributed by atoms with Crippen molar-refractivity contribution in [3.63, 3.8) is 0 Å². The van der Waals surface area contributed by atoms with Crippen molar-refractivity contribution in [2.75, 3.05) is 13.6 Å². The monoisotopic (exact) mass is 202 g/mol. The number of nitrogens with two attached hydrogens (primary N) is 1. The maximum Gasteiger partial charge on any atom is 0.103 e. The molecule has 2 nitrogen and oxygen atoms in total. The molecule has 1 aliphatic rings. The SMILES string of the molecule is CN1C(CN)=CC=CC1Br. The number of nitrogens with zero attached hydrogens (tertiary/aromatic N) is 1. The van der Waals surface area contributed by atoms with Crippen LogP contribution in [0.15, 0.2) is 23.9 Å². The van der Waals surface area contributed by atoms with Crippen molar-refractivity contribution >= 4 is 15.9 Å². The molecule has 3 heteroatoms. The van der Waals surface area contributed by atoms with E-state index in [9.17, 15) is 0 Å². The van der Waals surface area contributed by atoms with Gasteiger partial charge in [-0.1, -0.05) is 28.1 Å². The van der Waals surface area contributed by atoms with E-state index in [0.29, 0.717) is 11.5 Å². The lowest BCUT2D eigenvalue weighted by atomic mass is 10.2. The van der Waals surface area contributed by atoms with Gasteiger partial charge in [-0.2, -0.15) is 0 Å². The Kier molecular flexibility index (Phi) is 2.51. The highest BCUT2D eigenvalue weighted by Crippen LogP contribution is 2.16. The number of hydrogen-bond acceptors (Lipinski definition) is 2. The van der Waals surface area contributed by atoms with E-state index in [1.165, 1.54) is 0 Å². The summed E-state index contributed by atoms with van der Waals surface area (Å²) in [6.07, 6.45) is 6.11. The Balaban J connectivity index is 2.71. The van der Waals surface area contributed by atoms with Crippen molar-refractivity contribution in [2.24, 2.45) is 5.73 Å². The minimum absolute atomic E-state index is 0.302. The molecule has 10 heavy (non-hydrogen) atoms. The molecule has 2 N–H and O–H groups in total. The van der Waals surface area contributed by atoms with E-state index in [-0.39, 0.29) is 0 Å². The minimum Gasteiger partial charge on any atom is -0.361 e. The molecule has 0 aromatic rings. The number of halogens is 1. The summed E-state index contributed by atoms with van der Waals surface area (Å²) in [6.45, 7) is 0.600. The number of alkyl halides is 1. The fraction of sp³-hybridized carbons (Fsp3) is 0.429. The van der Waals surface area contributed by atoms with Crippen LogP contribution in [0.1, 0.15) is 0 Å². The van der Waals surface area contributed by atoms with Gasteiger partial charge in [-0.3, -0.25) is 0 Å². The van der Waals surface area contributed by atoms with E-state index in [0.717, 1.165) is 5.70 Å². The number of hydrogen-bond donors (Lipinski definition) is 1. The van der Waals surface area contributed by atoms with Gasteiger partial charge in [0.2, 0.25) is 0 Å². The predicted molar refractivity (Wildman–Crippen MR) is 46.8 cm³/mol. The Morgan fingerprint density at radius 3 is 3.00 bits per heavy atom. The number of rotatable bonds is 1. The smallest absolute Gasteiger partial charge is 0.103 e. The molecule has 1 atom stereocenters. The first kappa shape index (κ1) is 7.82. The van der Waals surface area contributed by atoms with Gasteiger partial charge in [0.25, 0.3) is 0 Å². The zero-order valence-electron chi connectivity index (χ0n) is 5.92. The van der Waals surface area contributed by atoms with Gasteiger partial charge in [-0.05, 0) is 6.08 Å². The van der Waals surface area contributed by atoms with Crippen LogP contribution in [0.2, 0.25) is 0 Å². The van der Waals surface area contributed by atoms with Crippen LogP contribution in [0.25, 0.3) is 0 Å². The van der Waals surface area contributed by atoms with Gasteiger partial charge in [0.05, 0.1) is 0 Å². The quantitative estimate of drug-likeness (QED) is 0.509. The van der Waals surface area contributed by atoms with Gasteiger partial charge < -0.3 is 10.6 Å². The maximum absolute atomic E-state index is 5.49. The Hall–Kier alpha value is -0.280. The van der Waals surface area contributed by atoms with Crippen LogP contribution in [0.3, 0.4) is 0 Å². The molecule has 0 saturated carbocycles. The lowest BCUT2D eigenvalue weighted by Gasteiger charge is -2.27. The highest BCUT2D eigenvalue weighted by Gasteiger charge is 2.11. The summed E-state index contributed by atoms with van der Waals surface area (Å²) in [5.74, 6) is 0. The average molecular weight is 203 g/mol. The van der Waals surface area contributed by atoms with E-state index < -0.39 is 0 Å². The summed E-state index contributed by atoms with van der Waals surface area (Å²) in [6, 6.07) is 0. The van der Waals surface area contributed by atoms with Gasteiger partial charge in [0, 0.05) is 19.3 Å². The fourth-order valence-electron chi connectivity index (χ4n) is 0.875. The first-order valence-corrected chi connectivity index (χ1v) is 4.11. The van der Waals surface area contributed by atoms with Gasteiger partial charge in [-0.15, -0.1) is 0 Å². The lowest BCUT2D eigenvalue weighted by Crippen LogP contribution is -2.30. The predicted octanol–water partition coefficient (Wildman–Crippen LogP) is 1.05. The third kappa shape index (κ3) is 1.41. The van der Waals surface area contributed by atoms with Gasteiger partial charge in [-0.25, -0.2) is 0 Å². The summed E-state index contributed by atoms with van der Waals surface area (Å²) in [5, 5.41) is 0. The maximum atomic E-state index is 5.49. The molecular formula is C7H11BrN2. The Morgan fingerprint density at radius 1 is 1.80 bits per heavy atom. The van der Waals surface area contributed by atoms with Crippen LogP contribution < -0.4 is 5.73 Å². The molecule has 0 fully saturated rings. The third-order valence-electron chi connectivity index (χ3n) is 1.59. The molecule has 0 amide bonds. The molecule has 1 heterocycles.